The van der Waals surface area contributed by atoms with E-state index in [0.29, 0.717) is 18.1 Å². The van der Waals surface area contributed by atoms with Crippen LogP contribution in [0.1, 0.15) is 5.56 Å². The smallest absolute Gasteiger partial charge is 0.493 e. The molecule has 0 amide bonds. The Labute approximate surface area is 101 Å². The first-order chi connectivity index (χ1) is 8.17. The molecule has 92 valence electrons. The van der Waals surface area contributed by atoms with Gasteiger partial charge < -0.3 is 9.47 Å². The number of hydrogen-bond donors (Lipinski definition) is 1. The largest absolute Gasteiger partial charge is 0.695 e. The molecule has 0 radical (unpaired) electrons. The molecular formula is C11H14O5P+. The second-order valence-corrected chi connectivity index (χ2v) is 3.83. The van der Waals surface area contributed by atoms with E-state index in [1.807, 2.05) is 0 Å². The third kappa shape index (κ3) is 4.53. The molecule has 0 aliphatic rings. The van der Waals surface area contributed by atoms with Crippen molar-refractivity contribution in [1.29, 1.82) is 0 Å². The van der Waals surface area contributed by atoms with Gasteiger partial charge in [-0.1, -0.05) is 18.7 Å². The van der Waals surface area contributed by atoms with Crippen molar-refractivity contribution in [3.8, 4) is 11.5 Å². The van der Waals surface area contributed by atoms with E-state index in [1.165, 1.54) is 7.11 Å². The highest BCUT2D eigenvalue weighted by Crippen LogP contribution is 2.29. The summed E-state index contributed by atoms with van der Waals surface area (Å²) in [6.45, 7) is 3.98. The van der Waals surface area contributed by atoms with E-state index < -0.39 is 8.25 Å². The van der Waals surface area contributed by atoms with Gasteiger partial charge in [0, 0.05) is 4.57 Å². The maximum absolute atomic E-state index is 10.4. The zero-order valence-electron chi connectivity index (χ0n) is 9.46. The molecule has 1 atom stereocenters. The van der Waals surface area contributed by atoms with E-state index in [-0.39, 0.29) is 6.61 Å². The lowest BCUT2D eigenvalue weighted by molar-refractivity contribution is 0.271. The molecule has 0 saturated carbocycles. The summed E-state index contributed by atoms with van der Waals surface area (Å²) in [6, 6.07) is 5.14. The van der Waals surface area contributed by atoms with Crippen molar-refractivity contribution >= 4 is 8.25 Å². The van der Waals surface area contributed by atoms with Gasteiger partial charge in [0.05, 0.1) is 7.11 Å². The van der Waals surface area contributed by atoms with E-state index in [0.717, 1.165) is 5.56 Å². The van der Waals surface area contributed by atoms with Gasteiger partial charge in [-0.25, -0.2) is 0 Å². The van der Waals surface area contributed by atoms with Crippen LogP contribution in [0.25, 0.3) is 0 Å². The van der Waals surface area contributed by atoms with E-state index in [2.05, 4.69) is 11.1 Å². The lowest BCUT2D eigenvalue weighted by atomic mass is 10.2. The summed E-state index contributed by atoms with van der Waals surface area (Å²) >= 11 is 0. The molecule has 0 aromatic heterocycles. The zero-order valence-corrected chi connectivity index (χ0v) is 10.4. The molecule has 1 N–H and O–H groups in total. The molecule has 1 unspecified atom stereocenters. The molecular weight excluding hydrogens is 243 g/mol. The quantitative estimate of drug-likeness (QED) is 0.600. The van der Waals surface area contributed by atoms with Crippen molar-refractivity contribution < 1.29 is 23.5 Å². The molecule has 0 bridgehead atoms. The Bertz CT molecular complexity index is 405. The molecule has 0 aliphatic carbocycles. The van der Waals surface area contributed by atoms with E-state index >= 15 is 0 Å². The average Bonchev–Trinajstić information content (AvgIpc) is 2.34. The van der Waals surface area contributed by atoms with Crippen molar-refractivity contribution in [3.63, 3.8) is 0 Å². The molecule has 1 aromatic carbocycles. The topological polar surface area (TPSA) is 65.0 Å². The second kappa shape index (κ2) is 7.01. The molecule has 0 heterocycles. The number of rotatable bonds is 7. The van der Waals surface area contributed by atoms with Gasteiger partial charge in [-0.3, -0.25) is 0 Å². The number of benzene rings is 1. The summed E-state index contributed by atoms with van der Waals surface area (Å²) in [5.74, 6) is 1.13. The van der Waals surface area contributed by atoms with Crippen molar-refractivity contribution in [2.24, 2.45) is 0 Å². The lowest BCUT2D eigenvalue weighted by Gasteiger charge is -2.09. The van der Waals surface area contributed by atoms with E-state index in [1.54, 1.807) is 24.3 Å². The Kier molecular flexibility index (Phi) is 5.63. The van der Waals surface area contributed by atoms with Crippen LogP contribution in [0, 0.1) is 0 Å². The zero-order chi connectivity index (χ0) is 12.7. The summed E-state index contributed by atoms with van der Waals surface area (Å²) in [7, 11) is -1.07. The Hall–Kier alpha value is -1.42. The fourth-order valence-electron chi connectivity index (χ4n) is 1.20. The molecule has 5 nitrogen and oxygen atoms in total. The third-order valence-electron chi connectivity index (χ3n) is 1.93. The molecule has 17 heavy (non-hydrogen) atoms. The van der Waals surface area contributed by atoms with Crippen molar-refractivity contribution in [2.75, 3.05) is 13.7 Å². The fraction of sp³-hybridized carbons (Fsp3) is 0.273. The molecule has 1 aromatic rings. The van der Waals surface area contributed by atoms with Crippen LogP contribution in [0.2, 0.25) is 0 Å². The van der Waals surface area contributed by atoms with Crippen LogP contribution in [-0.4, -0.2) is 18.6 Å². The highest BCUT2D eigenvalue weighted by atomic mass is 31.1. The van der Waals surface area contributed by atoms with Crippen LogP contribution >= 0.6 is 8.25 Å². The third-order valence-corrected chi connectivity index (χ3v) is 2.28. The first-order valence-electron chi connectivity index (χ1n) is 4.87. The minimum absolute atomic E-state index is 0.0454. The predicted octanol–water partition coefficient (Wildman–Crippen LogP) is 2.43. The number of ether oxygens (including phenoxy) is 2. The van der Waals surface area contributed by atoms with Crippen LogP contribution < -0.4 is 9.47 Å². The minimum Gasteiger partial charge on any atom is -0.493 e. The Morgan fingerprint density at radius 2 is 2.24 bits per heavy atom. The summed E-state index contributed by atoms with van der Waals surface area (Å²) in [4.78, 5) is 8.53. The van der Waals surface area contributed by atoms with Crippen molar-refractivity contribution in [3.05, 3.63) is 36.4 Å². The maximum Gasteiger partial charge on any atom is 0.695 e. The minimum atomic E-state index is -2.59. The van der Waals surface area contributed by atoms with Crippen LogP contribution in [0.15, 0.2) is 30.9 Å². The SMILES string of the molecule is C=CCOc1ccc(CO[P+](=O)O)cc1OC. The molecule has 1 rings (SSSR count). The van der Waals surface area contributed by atoms with E-state index in [4.69, 9.17) is 14.4 Å². The van der Waals surface area contributed by atoms with Gasteiger partial charge in [0.15, 0.2) is 11.5 Å². The molecule has 6 heteroatoms. The summed E-state index contributed by atoms with van der Waals surface area (Å²) in [6.07, 6.45) is 1.63. The van der Waals surface area contributed by atoms with Gasteiger partial charge in [-0.2, -0.15) is 0 Å². The monoisotopic (exact) mass is 257 g/mol. The second-order valence-electron chi connectivity index (χ2n) is 3.10. The van der Waals surface area contributed by atoms with Gasteiger partial charge in [-0.15, -0.1) is 9.42 Å². The van der Waals surface area contributed by atoms with Crippen LogP contribution in [0.5, 0.6) is 11.5 Å². The number of methoxy groups -OCH3 is 1. The van der Waals surface area contributed by atoms with Gasteiger partial charge in [-0.05, 0) is 17.7 Å². The standard InChI is InChI=1S/C11H13O5P/c1-3-6-15-10-5-4-9(7-11(10)14-2)8-16-17(12)13/h3-5,7H,1,6,8H2,2H3/p+1. The molecule has 0 aliphatic heterocycles. The van der Waals surface area contributed by atoms with E-state index in [9.17, 15) is 4.57 Å². The van der Waals surface area contributed by atoms with Gasteiger partial charge in [0.1, 0.15) is 13.2 Å². The summed E-state index contributed by atoms with van der Waals surface area (Å²) in [5.41, 5.74) is 0.727. The molecule has 0 spiro atoms. The van der Waals surface area contributed by atoms with Crippen LogP contribution in [0.3, 0.4) is 0 Å². The average molecular weight is 257 g/mol. The van der Waals surface area contributed by atoms with Crippen molar-refractivity contribution in [1.82, 2.24) is 0 Å². The summed E-state index contributed by atoms with van der Waals surface area (Å²) in [5, 5.41) is 0. The van der Waals surface area contributed by atoms with Crippen LogP contribution in [0.4, 0.5) is 0 Å². The first-order valence-corrected chi connectivity index (χ1v) is 6.00. The first kappa shape index (κ1) is 13.6. The normalized spacial score (nSPS) is 10.8. The molecule has 0 saturated heterocycles. The number of hydrogen-bond acceptors (Lipinski definition) is 4. The van der Waals surface area contributed by atoms with Crippen LogP contribution in [-0.2, 0) is 15.7 Å². The predicted molar refractivity (Wildman–Crippen MR) is 63.3 cm³/mol. The highest BCUT2D eigenvalue weighted by molar-refractivity contribution is 7.32. The lowest BCUT2D eigenvalue weighted by Crippen LogP contribution is -1.97. The Morgan fingerprint density at radius 3 is 2.82 bits per heavy atom. The fourth-order valence-corrected chi connectivity index (χ4v) is 1.46. The van der Waals surface area contributed by atoms with Gasteiger partial charge in [0.25, 0.3) is 0 Å². The summed E-state index contributed by atoms with van der Waals surface area (Å²) < 4.78 is 25.5. The van der Waals surface area contributed by atoms with Gasteiger partial charge >= 0.3 is 8.25 Å². The van der Waals surface area contributed by atoms with Gasteiger partial charge in [0.2, 0.25) is 0 Å². The maximum atomic E-state index is 10.4. The Balaban J connectivity index is 2.76. The van der Waals surface area contributed by atoms with Crippen molar-refractivity contribution in [2.45, 2.75) is 6.61 Å². The highest BCUT2D eigenvalue weighted by Gasteiger charge is 2.13. The Morgan fingerprint density at radius 1 is 1.47 bits per heavy atom. The molecule has 0 fully saturated rings.